The summed E-state index contributed by atoms with van der Waals surface area (Å²) in [6, 6.07) is 6.59. The molecule has 2 rings (SSSR count). The Morgan fingerprint density at radius 3 is 2.94 bits per heavy atom. The van der Waals surface area contributed by atoms with E-state index in [0.29, 0.717) is 0 Å². The number of rotatable bonds is 6. The van der Waals surface area contributed by atoms with Gasteiger partial charge in [-0.1, -0.05) is 6.07 Å². The number of benzene rings is 1. The van der Waals surface area contributed by atoms with Gasteiger partial charge in [0.25, 0.3) is 0 Å². The standard InChI is InChI=1S/C13H19N3S2/c1-16(2)8-13-15-11-7-10(9-17-6-5-14)3-4-12(11)18-13/h3-4,7H,5-6,8-9,14H2,1-2H3. The van der Waals surface area contributed by atoms with Gasteiger partial charge >= 0.3 is 0 Å². The number of thioether (sulfide) groups is 1. The molecule has 98 valence electrons. The van der Waals surface area contributed by atoms with Crippen LogP contribution >= 0.6 is 23.1 Å². The molecule has 0 aliphatic rings. The Morgan fingerprint density at radius 2 is 2.22 bits per heavy atom. The predicted molar refractivity (Wildman–Crippen MR) is 82.2 cm³/mol. The van der Waals surface area contributed by atoms with Gasteiger partial charge in [-0.3, -0.25) is 0 Å². The molecule has 0 saturated heterocycles. The van der Waals surface area contributed by atoms with Gasteiger partial charge in [-0.25, -0.2) is 4.98 Å². The third-order valence-electron chi connectivity index (χ3n) is 2.48. The minimum Gasteiger partial charge on any atom is -0.330 e. The topological polar surface area (TPSA) is 42.2 Å². The summed E-state index contributed by atoms with van der Waals surface area (Å²) < 4.78 is 1.28. The van der Waals surface area contributed by atoms with Crippen LogP contribution in [-0.2, 0) is 12.3 Å². The lowest BCUT2D eigenvalue weighted by molar-refractivity contribution is 0.402. The zero-order chi connectivity index (χ0) is 13.0. The highest BCUT2D eigenvalue weighted by Gasteiger charge is 2.05. The largest absolute Gasteiger partial charge is 0.330 e. The summed E-state index contributed by atoms with van der Waals surface area (Å²) in [5, 5.41) is 1.18. The van der Waals surface area contributed by atoms with Gasteiger partial charge in [-0.2, -0.15) is 11.8 Å². The van der Waals surface area contributed by atoms with Crippen molar-refractivity contribution in [2.24, 2.45) is 5.73 Å². The maximum Gasteiger partial charge on any atom is 0.108 e. The Hall–Kier alpha value is -0.620. The van der Waals surface area contributed by atoms with Crippen LogP contribution in [0.4, 0.5) is 0 Å². The number of fused-ring (bicyclic) bond motifs is 1. The average molecular weight is 281 g/mol. The molecule has 0 aliphatic heterocycles. The number of thiazole rings is 1. The fraction of sp³-hybridized carbons (Fsp3) is 0.462. The summed E-state index contributed by atoms with van der Waals surface area (Å²) >= 11 is 3.66. The summed E-state index contributed by atoms with van der Waals surface area (Å²) in [7, 11) is 4.14. The summed E-state index contributed by atoms with van der Waals surface area (Å²) in [6.45, 7) is 1.66. The summed E-state index contributed by atoms with van der Waals surface area (Å²) in [5.74, 6) is 2.04. The minimum atomic E-state index is 0.747. The first kappa shape index (κ1) is 13.8. The van der Waals surface area contributed by atoms with Gasteiger partial charge in [0, 0.05) is 24.6 Å². The number of hydrogen-bond acceptors (Lipinski definition) is 5. The number of aromatic nitrogens is 1. The van der Waals surface area contributed by atoms with Crippen molar-refractivity contribution in [3.8, 4) is 0 Å². The number of nitrogens with zero attached hydrogens (tertiary/aromatic N) is 2. The van der Waals surface area contributed by atoms with Gasteiger partial charge in [-0.15, -0.1) is 11.3 Å². The van der Waals surface area contributed by atoms with Gasteiger partial charge in [0.05, 0.1) is 10.2 Å². The van der Waals surface area contributed by atoms with E-state index >= 15 is 0 Å². The van der Waals surface area contributed by atoms with Crippen molar-refractivity contribution < 1.29 is 0 Å². The molecule has 0 radical (unpaired) electrons. The van der Waals surface area contributed by atoms with Crippen molar-refractivity contribution in [2.45, 2.75) is 12.3 Å². The smallest absolute Gasteiger partial charge is 0.108 e. The number of nitrogens with two attached hydrogens (primary N) is 1. The molecule has 0 saturated carbocycles. The molecule has 5 heteroatoms. The van der Waals surface area contributed by atoms with Crippen molar-refractivity contribution >= 4 is 33.3 Å². The monoisotopic (exact) mass is 281 g/mol. The summed E-state index contributed by atoms with van der Waals surface area (Å²) in [5.41, 5.74) is 7.96. The third-order valence-corrected chi connectivity index (χ3v) is 4.56. The summed E-state index contributed by atoms with van der Waals surface area (Å²) in [4.78, 5) is 6.83. The molecular formula is C13H19N3S2. The van der Waals surface area contributed by atoms with E-state index in [-0.39, 0.29) is 0 Å². The van der Waals surface area contributed by atoms with Crippen molar-refractivity contribution in [3.05, 3.63) is 28.8 Å². The zero-order valence-corrected chi connectivity index (χ0v) is 12.5. The maximum atomic E-state index is 5.50. The molecule has 0 aliphatic carbocycles. The number of hydrogen-bond donors (Lipinski definition) is 1. The van der Waals surface area contributed by atoms with Crippen LogP contribution in [0, 0.1) is 0 Å². The predicted octanol–water partition coefficient (Wildman–Crippen LogP) is 2.55. The average Bonchev–Trinajstić information content (AvgIpc) is 2.69. The highest BCUT2D eigenvalue weighted by molar-refractivity contribution is 7.98. The van der Waals surface area contributed by atoms with E-state index in [2.05, 4.69) is 42.2 Å². The molecule has 0 fully saturated rings. The molecule has 3 nitrogen and oxygen atoms in total. The fourth-order valence-electron chi connectivity index (χ4n) is 1.72. The molecule has 1 aromatic heterocycles. The van der Waals surface area contributed by atoms with Crippen LogP contribution in [-0.4, -0.2) is 36.3 Å². The Kier molecular flexibility index (Phi) is 5.00. The van der Waals surface area contributed by atoms with E-state index in [1.165, 1.54) is 15.3 Å². The third kappa shape index (κ3) is 3.68. The van der Waals surface area contributed by atoms with Crippen LogP contribution in [0.3, 0.4) is 0 Å². The first-order valence-electron chi connectivity index (χ1n) is 6.00. The lowest BCUT2D eigenvalue weighted by atomic mass is 10.2. The van der Waals surface area contributed by atoms with E-state index in [4.69, 9.17) is 5.73 Å². The zero-order valence-electron chi connectivity index (χ0n) is 10.8. The lowest BCUT2D eigenvalue weighted by Crippen LogP contribution is -2.10. The van der Waals surface area contributed by atoms with Crippen molar-refractivity contribution in [2.75, 3.05) is 26.4 Å². The fourth-order valence-corrected chi connectivity index (χ4v) is 3.51. The van der Waals surface area contributed by atoms with E-state index in [0.717, 1.165) is 30.1 Å². The molecular weight excluding hydrogens is 262 g/mol. The second-order valence-electron chi connectivity index (χ2n) is 4.49. The second kappa shape index (κ2) is 6.52. The van der Waals surface area contributed by atoms with Crippen molar-refractivity contribution in [3.63, 3.8) is 0 Å². The minimum absolute atomic E-state index is 0.747. The highest BCUT2D eigenvalue weighted by Crippen LogP contribution is 2.25. The molecule has 0 spiro atoms. The van der Waals surface area contributed by atoms with E-state index in [9.17, 15) is 0 Å². The van der Waals surface area contributed by atoms with Crippen LogP contribution in [0.1, 0.15) is 10.6 Å². The van der Waals surface area contributed by atoms with E-state index < -0.39 is 0 Å². The molecule has 2 aromatic rings. The van der Waals surface area contributed by atoms with Crippen LogP contribution in [0.15, 0.2) is 18.2 Å². The molecule has 0 atom stereocenters. The normalized spacial score (nSPS) is 11.6. The highest BCUT2D eigenvalue weighted by atomic mass is 32.2. The maximum absolute atomic E-state index is 5.50. The molecule has 18 heavy (non-hydrogen) atoms. The van der Waals surface area contributed by atoms with Crippen LogP contribution in [0.2, 0.25) is 0 Å². The van der Waals surface area contributed by atoms with Gasteiger partial charge in [0.1, 0.15) is 5.01 Å². The van der Waals surface area contributed by atoms with Gasteiger partial charge in [0.2, 0.25) is 0 Å². The molecule has 0 amide bonds. The first-order valence-corrected chi connectivity index (χ1v) is 7.97. The molecule has 2 N–H and O–H groups in total. The van der Waals surface area contributed by atoms with Crippen LogP contribution in [0.25, 0.3) is 10.2 Å². The Bertz CT molecular complexity index is 508. The van der Waals surface area contributed by atoms with Gasteiger partial charge < -0.3 is 10.6 Å². The van der Waals surface area contributed by atoms with Gasteiger partial charge in [-0.05, 0) is 31.8 Å². The SMILES string of the molecule is CN(C)Cc1nc2cc(CSCCN)ccc2s1. The van der Waals surface area contributed by atoms with Crippen LogP contribution in [0.5, 0.6) is 0 Å². The molecule has 1 heterocycles. The van der Waals surface area contributed by atoms with Crippen molar-refractivity contribution in [1.29, 1.82) is 0 Å². The van der Waals surface area contributed by atoms with E-state index in [1.54, 1.807) is 11.3 Å². The van der Waals surface area contributed by atoms with Crippen LogP contribution < -0.4 is 5.73 Å². The quantitative estimate of drug-likeness (QED) is 0.826. The van der Waals surface area contributed by atoms with Crippen molar-refractivity contribution in [1.82, 2.24) is 9.88 Å². The first-order chi connectivity index (χ1) is 8.69. The Morgan fingerprint density at radius 1 is 1.39 bits per heavy atom. The lowest BCUT2D eigenvalue weighted by Gasteiger charge is -2.04. The molecule has 1 aromatic carbocycles. The Balaban J connectivity index is 2.12. The van der Waals surface area contributed by atoms with E-state index in [1.807, 2.05) is 11.8 Å². The molecule has 0 unspecified atom stereocenters. The molecule has 0 bridgehead atoms. The van der Waals surface area contributed by atoms with Gasteiger partial charge in [0.15, 0.2) is 0 Å². The Labute approximate surface area is 116 Å². The summed E-state index contributed by atoms with van der Waals surface area (Å²) in [6.07, 6.45) is 0. The second-order valence-corrected chi connectivity index (χ2v) is 6.71.